The highest BCUT2D eigenvalue weighted by Crippen LogP contribution is 2.41. The molecule has 1 atom stereocenters. The molecule has 0 amide bonds. The molecule has 1 heterocycles. The fourth-order valence-electron chi connectivity index (χ4n) is 3.01. The van der Waals surface area contributed by atoms with E-state index < -0.39 is 0 Å². The molecule has 0 N–H and O–H groups in total. The van der Waals surface area contributed by atoms with Crippen LogP contribution in [0.5, 0.6) is 0 Å². The molecule has 0 aliphatic carbocycles. The Labute approximate surface area is 125 Å². The first-order chi connectivity index (χ1) is 10.0. The Bertz CT molecular complexity index is 709. The summed E-state index contributed by atoms with van der Waals surface area (Å²) in [5, 5.41) is 4.82. The molecule has 1 aliphatic rings. The van der Waals surface area contributed by atoms with Crippen LogP contribution < -0.4 is 4.65 Å². The van der Waals surface area contributed by atoms with Crippen molar-refractivity contribution in [2.75, 3.05) is 20.8 Å². The fourth-order valence-corrected chi connectivity index (χ4v) is 3.01. The minimum atomic E-state index is 0.389. The quantitative estimate of drug-likeness (QED) is 0.599. The molecule has 21 heavy (non-hydrogen) atoms. The van der Waals surface area contributed by atoms with Crippen LogP contribution >= 0.6 is 0 Å². The number of benzene rings is 2. The predicted molar refractivity (Wildman–Crippen MR) is 84.0 cm³/mol. The largest absolute Gasteiger partial charge is 0.335 e. The molecule has 1 aliphatic heterocycles. The molecular weight excluding hydrogens is 262 g/mol. The number of azo groups is 2. The van der Waals surface area contributed by atoms with Crippen LogP contribution in [0.1, 0.15) is 11.1 Å². The average molecular weight is 283 g/mol. The van der Waals surface area contributed by atoms with Crippen LogP contribution in [0, 0.1) is 13.8 Å². The van der Waals surface area contributed by atoms with Crippen molar-refractivity contribution in [3.63, 3.8) is 0 Å². The molecule has 0 radical (unpaired) electrons. The number of hydrogen-bond acceptors (Lipinski definition) is 2. The highest BCUT2D eigenvalue weighted by molar-refractivity contribution is 5.69. The molecule has 2 aromatic rings. The summed E-state index contributed by atoms with van der Waals surface area (Å²) in [6.07, 6.45) is 0. The smallest absolute Gasteiger partial charge is 0.196 e. The second-order valence-corrected chi connectivity index (χ2v) is 5.71. The Morgan fingerprint density at radius 2 is 1.86 bits per heavy atom. The molecule has 4 heteroatoms. The summed E-state index contributed by atoms with van der Waals surface area (Å²) in [5.74, 6) is 0. The van der Waals surface area contributed by atoms with Crippen molar-refractivity contribution in [1.29, 1.82) is 0 Å². The molecular formula is C17H21N3O+2. The Hall–Kier alpha value is -2.04. The molecule has 1 unspecified atom stereocenters. The van der Waals surface area contributed by atoms with Crippen molar-refractivity contribution < 1.29 is 9.53 Å². The van der Waals surface area contributed by atoms with Gasteiger partial charge >= 0.3 is 6.67 Å². The number of fused-ring (bicyclic) bond motifs is 1. The van der Waals surface area contributed by atoms with Crippen LogP contribution in [0.3, 0.4) is 0 Å². The van der Waals surface area contributed by atoms with Gasteiger partial charge in [-0.2, -0.15) is 4.84 Å². The third-order valence-corrected chi connectivity index (χ3v) is 3.99. The summed E-state index contributed by atoms with van der Waals surface area (Å²) in [7, 11) is 3.82. The van der Waals surface area contributed by atoms with Crippen LogP contribution in [0.25, 0.3) is 0 Å². The number of quaternary nitrogens is 1. The Balaban J connectivity index is 2.21. The van der Waals surface area contributed by atoms with Crippen LogP contribution in [-0.2, 0) is 4.84 Å². The van der Waals surface area contributed by atoms with Crippen molar-refractivity contribution in [1.82, 2.24) is 4.65 Å². The van der Waals surface area contributed by atoms with Crippen LogP contribution in [0.4, 0.5) is 17.1 Å². The van der Waals surface area contributed by atoms with Gasteiger partial charge in [0.1, 0.15) is 7.05 Å². The van der Waals surface area contributed by atoms with Crippen LogP contribution in [0.2, 0.25) is 0 Å². The minimum absolute atomic E-state index is 0.389. The Morgan fingerprint density at radius 3 is 2.52 bits per heavy atom. The molecule has 2 aromatic carbocycles. The summed E-state index contributed by atoms with van der Waals surface area (Å²) in [4.78, 5) is 5.81. The van der Waals surface area contributed by atoms with E-state index >= 15 is 0 Å². The normalized spacial score (nSPS) is 20.9. The third kappa shape index (κ3) is 2.37. The number of hydrogen-bond donors (Lipinski definition) is 0. The van der Waals surface area contributed by atoms with Gasteiger partial charge in [0.2, 0.25) is 11.4 Å². The maximum absolute atomic E-state index is 5.81. The highest BCUT2D eigenvalue weighted by Gasteiger charge is 2.42. The summed E-state index contributed by atoms with van der Waals surface area (Å²) < 4.78 is 2.39. The third-order valence-electron chi connectivity index (χ3n) is 3.99. The first-order valence-corrected chi connectivity index (χ1v) is 7.11. The molecule has 0 aromatic heterocycles. The maximum Gasteiger partial charge on any atom is 0.335 e. The zero-order valence-corrected chi connectivity index (χ0v) is 13.0. The van der Waals surface area contributed by atoms with E-state index in [4.69, 9.17) is 9.95 Å². The lowest BCUT2D eigenvalue weighted by Gasteiger charge is -2.30. The predicted octanol–water partition coefficient (Wildman–Crippen LogP) is 4.20. The molecule has 0 spiro atoms. The van der Waals surface area contributed by atoms with Crippen LogP contribution in [-0.4, -0.2) is 25.5 Å². The van der Waals surface area contributed by atoms with Gasteiger partial charge < -0.3 is 0 Å². The first kappa shape index (κ1) is 13.9. The van der Waals surface area contributed by atoms with Gasteiger partial charge in [-0.1, -0.05) is 28.9 Å². The second-order valence-electron chi connectivity index (χ2n) is 5.71. The van der Waals surface area contributed by atoms with Gasteiger partial charge in [-0.15, -0.1) is 0 Å². The standard InChI is InChI=1S/C17H21N3O/c1-13-10-14(2)17-16(11-13)18-19(12-20(17,3)21-4)15-8-6-5-7-9-15/h5-11H,12H2,1-4H3/q+2. The van der Waals surface area contributed by atoms with Crippen molar-refractivity contribution in [3.05, 3.63) is 53.6 Å². The minimum Gasteiger partial charge on any atom is -0.196 e. The molecule has 0 saturated heterocycles. The maximum atomic E-state index is 5.81. The van der Waals surface area contributed by atoms with Gasteiger partial charge in [-0.05, 0) is 30.2 Å². The molecule has 4 nitrogen and oxygen atoms in total. The number of aryl methyl sites for hydroxylation is 2. The molecule has 0 fully saturated rings. The van der Waals surface area contributed by atoms with Crippen molar-refractivity contribution >= 4 is 17.1 Å². The fraction of sp³-hybridized carbons (Fsp3) is 0.294. The van der Waals surface area contributed by atoms with Crippen molar-refractivity contribution in [3.8, 4) is 0 Å². The summed E-state index contributed by atoms with van der Waals surface area (Å²) in [6, 6.07) is 14.5. The summed E-state index contributed by atoms with van der Waals surface area (Å²) in [6.45, 7) is 4.87. The number of hydroxylamine groups is 2. The van der Waals surface area contributed by atoms with E-state index in [9.17, 15) is 0 Å². The zero-order valence-electron chi connectivity index (χ0n) is 13.0. The topological polar surface area (TPSA) is 24.6 Å². The van der Waals surface area contributed by atoms with E-state index in [-0.39, 0.29) is 0 Å². The Morgan fingerprint density at radius 1 is 1.14 bits per heavy atom. The summed E-state index contributed by atoms with van der Waals surface area (Å²) in [5.41, 5.74) is 5.62. The van der Waals surface area contributed by atoms with Gasteiger partial charge in [-0.25, -0.2) is 0 Å². The molecule has 0 saturated carbocycles. The van der Waals surface area contributed by atoms with E-state index in [0.717, 1.165) is 17.1 Å². The van der Waals surface area contributed by atoms with E-state index in [2.05, 4.69) is 45.2 Å². The van der Waals surface area contributed by atoms with E-state index in [0.29, 0.717) is 11.3 Å². The van der Waals surface area contributed by atoms with Gasteiger partial charge in [0.05, 0.1) is 7.11 Å². The number of para-hydroxylation sites is 1. The lowest BCUT2D eigenvalue weighted by molar-refractivity contribution is -0.549. The molecule has 108 valence electrons. The van der Waals surface area contributed by atoms with Gasteiger partial charge in [0.15, 0.2) is 5.69 Å². The summed E-state index contributed by atoms with van der Waals surface area (Å²) >= 11 is 0. The molecule has 0 bridgehead atoms. The monoisotopic (exact) mass is 283 g/mol. The average Bonchev–Trinajstić information content (AvgIpc) is 2.47. The van der Waals surface area contributed by atoms with Crippen LogP contribution in [0.15, 0.2) is 47.6 Å². The van der Waals surface area contributed by atoms with Crippen molar-refractivity contribution in [2.45, 2.75) is 13.8 Å². The Kier molecular flexibility index (Phi) is 3.35. The van der Waals surface area contributed by atoms with Gasteiger partial charge in [0, 0.05) is 22.8 Å². The number of nitrogens with zero attached hydrogens (tertiary/aromatic N) is 3. The first-order valence-electron chi connectivity index (χ1n) is 7.11. The second kappa shape index (κ2) is 5.06. The van der Waals surface area contributed by atoms with Gasteiger partial charge in [-0.3, -0.25) is 0 Å². The zero-order chi connectivity index (χ0) is 15.0. The van der Waals surface area contributed by atoms with Crippen molar-refractivity contribution in [2.24, 2.45) is 5.11 Å². The van der Waals surface area contributed by atoms with E-state index in [1.54, 1.807) is 7.11 Å². The van der Waals surface area contributed by atoms with E-state index in [1.807, 2.05) is 22.9 Å². The number of rotatable bonds is 2. The van der Waals surface area contributed by atoms with E-state index in [1.165, 1.54) is 11.1 Å². The lowest BCUT2D eigenvalue weighted by atomic mass is 10.1. The highest BCUT2D eigenvalue weighted by atomic mass is 16.7. The lowest BCUT2D eigenvalue weighted by Crippen LogP contribution is -2.50. The molecule has 3 rings (SSSR count). The van der Waals surface area contributed by atoms with Gasteiger partial charge in [0.25, 0.3) is 0 Å². The SMILES string of the molecule is CO[N+]1(C)C[N+](c2ccccc2)=Nc2cc(C)cc(C)c21.